The number of halogens is 1. The zero-order chi connectivity index (χ0) is 15.5. The predicted octanol–water partition coefficient (Wildman–Crippen LogP) is 3.22. The molecule has 1 aromatic rings. The van der Waals surface area contributed by atoms with Gasteiger partial charge in [-0.25, -0.2) is 4.39 Å². The second-order valence-corrected chi connectivity index (χ2v) is 4.54. The summed E-state index contributed by atoms with van der Waals surface area (Å²) < 4.78 is 29.7. The monoisotopic (exact) mass is 289 g/mol. The fourth-order valence-electron chi connectivity index (χ4n) is 2.38. The van der Waals surface area contributed by atoms with E-state index < -0.39 is 11.4 Å². The highest BCUT2D eigenvalue weighted by molar-refractivity contribution is 5.80. The lowest BCUT2D eigenvalue weighted by Crippen LogP contribution is -2.34. The molecule has 1 atom stereocenters. The van der Waals surface area contributed by atoms with Crippen LogP contribution in [-0.4, -0.2) is 26.9 Å². The number of hydrogen-bond donors (Lipinski definition) is 0. The molecule has 0 fully saturated rings. The molecule has 0 saturated heterocycles. The van der Waals surface area contributed by atoms with Gasteiger partial charge in [-0.05, 0) is 23.8 Å². The summed E-state index contributed by atoms with van der Waals surface area (Å²) in [4.78, 5) is 0. The van der Waals surface area contributed by atoms with Crippen molar-refractivity contribution in [1.82, 2.24) is 0 Å². The van der Waals surface area contributed by atoms with Gasteiger partial charge in [0, 0.05) is 13.5 Å². The Labute approximate surface area is 123 Å². The van der Waals surface area contributed by atoms with Gasteiger partial charge in [0.05, 0.1) is 19.8 Å². The summed E-state index contributed by atoms with van der Waals surface area (Å²) in [5.41, 5.74) is -0.229. The van der Waals surface area contributed by atoms with Gasteiger partial charge in [0.15, 0.2) is 17.2 Å². The van der Waals surface area contributed by atoms with Gasteiger partial charge in [0.1, 0.15) is 11.8 Å². The van der Waals surface area contributed by atoms with Crippen LogP contribution in [0.5, 0.6) is 5.75 Å². The molecule has 0 heterocycles. The normalized spacial score (nSPS) is 21.6. The molecule has 0 aromatic heterocycles. The third kappa shape index (κ3) is 2.50. The van der Waals surface area contributed by atoms with E-state index in [-0.39, 0.29) is 12.2 Å². The topological polar surface area (TPSA) is 51.5 Å². The molecule has 0 N–H and O–H groups in total. The summed E-state index contributed by atoms with van der Waals surface area (Å²) in [7, 11) is 4.36. The molecule has 21 heavy (non-hydrogen) atoms. The molecule has 4 nitrogen and oxygen atoms in total. The molecule has 2 rings (SSSR count). The van der Waals surface area contributed by atoms with E-state index in [4.69, 9.17) is 14.2 Å². The van der Waals surface area contributed by atoms with E-state index in [0.717, 1.165) is 0 Å². The predicted molar refractivity (Wildman–Crippen MR) is 76.1 cm³/mol. The minimum atomic E-state index is -1.27. The lowest BCUT2D eigenvalue weighted by molar-refractivity contribution is 0.0852. The summed E-state index contributed by atoms with van der Waals surface area (Å²) in [5, 5.41) is 9.53. The van der Waals surface area contributed by atoms with Crippen LogP contribution in [0, 0.1) is 11.3 Å². The zero-order valence-electron chi connectivity index (χ0n) is 12.1. The average Bonchev–Trinajstić information content (AvgIpc) is 2.55. The van der Waals surface area contributed by atoms with E-state index in [1.54, 1.807) is 31.4 Å². The number of hydrogen-bond acceptors (Lipinski definition) is 4. The van der Waals surface area contributed by atoms with Crippen molar-refractivity contribution in [2.75, 3.05) is 21.3 Å². The van der Waals surface area contributed by atoms with E-state index >= 15 is 0 Å². The maximum atomic E-state index is 14.0. The minimum absolute atomic E-state index is 0.0230. The second kappa shape index (κ2) is 5.98. The van der Waals surface area contributed by atoms with Gasteiger partial charge in [-0.3, -0.25) is 0 Å². The first-order chi connectivity index (χ1) is 10.1. The lowest BCUT2D eigenvalue weighted by atomic mass is 9.82. The van der Waals surface area contributed by atoms with Gasteiger partial charge < -0.3 is 14.2 Å². The highest BCUT2D eigenvalue weighted by Crippen LogP contribution is 2.42. The molecule has 0 aliphatic heterocycles. The van der Waals surface area contributed by atoms with Crippen LogP contribution in [0.4, 0.5) is 4.39 Å². The van der Waals surface area contributed by atoms with E-state index in [2.05, 4.69) is 6.07 Å². The molecule has 0 radical (unpaired) electrons. The molecular formula is C16H16FNO3. The Morgan fingerprint density at radius 3 is 2.29 bits per heavy atom. The van der Waals surface area contributed by atoms with E-state index in [0.29, 0.717) is 16.9 Å². The van der Waals surface area contributed by atoms with Crippen LogP contribution in [0.15, 0.2) is 41.9 Å². The maximum absolute atomic E-state index is 14.0. The van der Waals surface area contributed by atoms with Crippen LogP contribution in [0.3, 0.4) is 0 Å². The van der Waals surface area contributed by atoms with Crippen molar-refractivity contribution in [1.29, 1.82) is 5.26 Å². The van der Waals surface area contributed by atoms with E-state index in [1.165, 1.54) is 20.3 Å². The maximum Gasteiger partial charge on any atom is 0.186 e. The molecule has 1 aliphatic carbocycles. The lowest BCUT2D eigenvalue weighted by Gasteiger charge is -2.31. The summed E-state index contributed by atoms with van der Waals surface area (Å²) in [5.74, 6) is 0.200. The van der Waals surface area contributed by atoms with Gasteiger partial charge in [0.2, 0.25) is 0 Å². The smallest absolute Gasteiger partial charge is 0.186 e. The van der Waals surface area contributed by atoms with Crippen molar-refractivity contribution in [3.8, 4) is 11.8 Å². The van der Waals surface area contributed by atoms with E-state index in [1.807, 2.05) is 0 Å². The zero-order valence-corrected chi connectivity index (χ0v) is 12.1. The Morgan fingerprint density at radius 1 is 1.14 bits per heavy atom. The van der Waals surface area contributed by atoms with Crippen LogP contribution >= 0.6 is 0 Å². The van der Waals surface area contributed by atoms with Crippen LogP contribution < -0.4 is 4.74 Å². The fraction of sp³-hybridized carbons (Fsp3) is 0.312. The highest BCUT2D eigenvalue weighted by atomic mass is 19.1. The number of rotatable bonds is 4. The first-order valence-electron chi connectivity index (χ1n) is 6.37. The third-order valence-corrected chi connectivity index (χ3v) is 3.53. The quantitative estimate of drug-likeness (QED) is 0.854. The number of methoxy groups -OCH3 is 3. The molecule has 0 spiro atoms. The number of allylic oxidation sites excluding steroid dienone is 1. The van der Waals surface area contributed by atoms with Crippen LogP contribution in [0.1, 0.15) is 12.0 Å². The van der Waals surface area contributed by atoms with Crippen LogP contribution in [0.25, 0.3) is 5.57 Å². The number of nitriles is 1. The Balaban J connectivity index is 2.65. The van der Waals surface area contributed by atoms with Gasteiger partial charge >= 0.3 is 0 Å². The van der Waals surface area contributed by atoms with Crippen molar-refractivity contribution in [2.45, 2.75) is 12.0 Å². The molecule has 110 valence electrons. The van der Waals surface area contributed by atoms with Crippen molar-refractivity contribution < 1.29 is 18.6 Å². The van der Waals surface area contributed by atoms with Crippen molar-refractivity contribution in [3.05, 3.63) is 47.5 Å². The summed E-state index contributed by atoms with van der Waals surface area (Å²) >= 11 is 0. The molecule has 1 unspecified atom stereocenters. The number of ether oxygens (including phenoxy) is 3. The molecule has 0 saturated carbocycles. The number of benzene rings is 1. The number of nitrogens with zero attached hydrogens (tertiary/aromatic N) is 1. The van der Waals surface area contributed by atoms with E-state index in [9.17, 15) is 9.65 Å². The van der Waals surface area contributed by atoms with Gasteiger partial charge in [-0.2, -0.15) is 5.26 Å². The highest BCUT2D eigenvalue weighted by Gasteiger charge is 2.41. The summed E-state index contributed by atoms with van der Waals surface area (Å²) in [6, 6.07) is 9.10. The van der Waals surface area contributed by atoms with Crippen LogP contribution in [-0.2, 0) is 9.47 Å². The molecule has 1 aliphatic rings. The fourth-order valence-corrected chi connectivity index (χ4v) is 2.38. The Hall–Kier alpha value is -2.32. The molecule has 5 heteroatoms. The standard InChI is InChI=1S/C16H16FNO3/c1-19-12-6-4-11(5-7-12)14-15(20-2)13(17)8-9-16(14,10-18)21-3/h4-8H,9H2,1-3H3. The molecule has 0 amide bonds. The van der Waals surface area contributed by atoms with Gasteiger partial charge in [-0.15, -0.1) is 0 Å². The van der Waals surface area contributed by atoms with Crippen molar-refractivity contribution in [2.24, 2.45) is 0 Å². The first kappa shape index (κ1) is 15.1. The Kier molecular flexibility index (Phi) is 4.29. The van der Waals surface area contributed by atoms with Crippen molar-refractivity contribution in [3.63, 3.8) is 0 Å². The molecular weight excluding hydrogens is 273 g/mol. The van der Waals surface area contributed by atoms with Crippen molar-refractivity contribution >= 4 is 5.57 Å². The second-order valence-electron chi connectivity index (χ2n) is 4.54. The third-order valence-electron chi connectivity index (χ3n) is 3.53. The average molecular weight is 289 g/mol. The Morgan fingerprint density at radius 2 is 1.81 bits per heavy atom. The minimum Gasteiger partial charge on any atom is -0.497 e. The summed E-state index contributed by atoms with van der Waals surface area (Å²) in [6.45, 7) is 0. The SMILES string of the molecule is COC1=C(c2ccc(OC)cc2)C(C#N)(OC)CC=C1F. The van der Waals surface area contributed by atoms with Crippen LogP contribution in [0.2, 0.25) is 0 Å². The Bertz CT molecular complexity index is 628. The summed E-state index contributed by atoms with van der Waals surface area (Å²) in [6.07, 6.45) is 1.43. The largest absolute Gasteiger partial charge is 0.497 e. The molecule has 1 aromatic carbocycles. The van der Waals surface area contributed by atoms with Gasteiger partial charge in [-0.1, -0.05) is 12.1 Å². The molecule has 0 bridgehead atoms. The van der Waals surface area contributed by atoms with Gasteiger partial charge in [0.25, 0.3) is 0 Å². The first-order valence-corrected chi connectivity index (χ1v) is 6.37.